The number of thioether (sulfide) groups is 8. The molecule has 0 aromatic heterocycles. The molecule has 866 valence electrons. The number of rotatable bonds is 70. The maximum atomic E-state index is 12.1. The molecule has 51 heteroatoms. The topological polar surface area (TPSA) is 732 Å². The van der Waals surface area contributed by atoms with Crippen molar-refractivity contribution in [3.05, 3.63) is 65.2 Å². The SMILES string of the molecule is CC(CSCC(C)(CO)CO)C(=O)O.CCC(CO)(CO)CSCC(C)(C)C(=O)O.CCC(CO)(CO)CSCC(C)C(=O)NC(C)(C)CS(=O)(=O)O.CCC(CO)(CO)CSCC(C)C(=O)OCCO.CCC(CO)(CO)CSCC(C)P(=O)(O)O.CCC(CO)(CO)CSCC(C)S(=O)(=O)O.CCC(CO)(CO)CSCC(C)c1ccc(C(=O)O)cc1.CCC(CO)(CO)CSCC(C)c1ccc(S(=O)(=O)O)cc1. The van der Waals surface area contributed by atoms with Gasteiger partial charge in [0.2, 0.25) is 5.91 Å². The van der Waals surface area contributed by atoms with Crippen LogP contribution in [-0.4, -0.2) is 414 Å². The molecule has 146 heavy (non-hydrogen) atoms. The lowest BCUT2D eigenvalue weighted by atomic mass is 9.90. The second kappa shape index (κ2) is 79.7. The highest BCUT2D eigenvalue weighted by atomic mass is 32.2. The molecule has 0 aliphatic rings. The summed E-state index contributed by atoms with van der Waals surface area (Å²) in [6.07, 6.45) is 4.72. The fourth-order valence-corrected chi connectivity index (χ4v) is 25.7. The van der Waals surface area contributed by atoms with E-state index in [9.17, 15) is 115 Å². The minimum Gasteiger partial charge on any atom is -0.481 e. The van der Waals surface area contributed by atoms with E-state index in [1.807, 2.05) is 67.5 Å². The molecule has 0 fully saturated rings. The normalized spacial score (nSPS) is 14.0. The molecule has 2 rings (SSSR count). The quantitative estimate of drug-likeness (QED) is 0.0168. The van der Waals surface area contributed by atoms with Crippen LogP contribution in [0.5, 0.6) is 0 Å². The van der Waals surface area contributed by atoms with Crippen molar-refractivity contribution in [3.8, 4) is 0 Å². The molecule has 0 aliphatic carbocycles. The number of carbonyl (C=O) groups excluding carboxylic acids is 2. The van der Waals surface area contributed by atoms with Gasteiger partial charge in [-0.25, -0.2) is 4.79 Å². The van der Waals surface area contributed by atoms with Crippen LogP contribution in [0, 0.1) is 66.5 Å². The number of carboxylic acids is 3. The molecule has 0 bridgehead atoms. The summed E-state index contributed by atoms with van der Waals surface area (Å²) in [6, 6.07) is 13.1. The van der Waals surface area contributed by atoms with E-state index < -0.39 is 127 Å². The van der Waals surface area contributed by atoms with E-state index in [1.165, 1.54) is 110 Å². The molecule has 7 atom stereocenters. The van der Waals surface area contributed by atoms with E-state index in [1.54, 1.807) is 89.3 Å². The largest absolute Gasteiger partial charge is 0.481 e. The van der Waals surface area contributed by atoms with Gasteiger partial charge in [-0.2, -0.15) is 119 Å². The summed E-state index contributed by atoms with van der Waals surface area (Å²) in [5.74, 6) is 4.66. The number of carboxylic acid groups (broad SMARTS) is 3. The molecule has 39 nitrogen and oxygen atoms in total. The van der Waals surface area contributed by atoms with Crippen molar-refractivity contribution in [3.63, 3.8) is 0 Å². The molecule has 0 aliphatic heterocycles. The van der Waals surface area contributed by atoms with Crippen LogP contribution in [0.3, 0.4) is 0 Å². The highest BCUT2D eigenvalue weighted by Crippen LogP contribution is 2.44. The number of aliphatic carboxylic acids is 2. The predicted molar refractivity (Wildman–Crippen MR) is 591 cm³/mol. The summed E-state index contributed by atoms with van der Waals surface area (Å²) < 4.78 is 108. The van der Waals surface area contributed by atoms with Gasteiger partial charge in [-0.05, 0) is 138 Å². The van der Waals surface area contributed by atoms with Crippen LogP contribution in [0.2, 0.25) is 0 Å². The second-order valence-electron chi connectivity index (χ2n) is 39.2. The lowest BCUT2D eigenvalue weighted by Gasteiger charge is -2.29. The number of aliphatic hydroxyl groups excluding tert-OH is 17. The monoisotopic (exact) mass is 2330 g/mol. The van der Waals surface area contributed by atoms with Crippen molar-refractivity contribution in [2.24, 2.45) is 66.5 Å². The fourth-order valence-electron chi connectivity index (χ4n) is 10.9. The molecule has 2 aromatic rings. The summed E-state index contributed by atoms with van der Waals surface area (Å²) in [6.45, 7) is 32.3. The highest BCUT2D eigenvalue weighted by Gasteiger charge is 2.37. The smallest absolute Gasteiger partial charge is 0.335 e. The first-order valence-electron chi connectivity index (χ1n) is 47.9. The zero-order valence-corrected chi connectivity index (χ0v) is 98.7. The van der Waals surface area contributed by atoms with Crippen LogP contribution in [0.15, 0.2) is 53.4 Å². The third-order valence-corrected chi connectivity index (χ3v) is 42.4. The lowest BCUT2D eigenvalue weighted by Crippen LogP contribution is -2.50. The lowest BCUT2D eigenvalue weighted by molar-refractivity contribution is -0.148. The number of esters is 1. The number of nitrogens with one attached hydrogen (secondary N) is 1. The Kier molecular flexibility index (Phi) is 84.3. The Morgan fingerprint density at radius 2 is 0.664 bits per heavy atom. The number of ether oxygens (including phenoxy) is 1. The Morgan fingerprint density at radius 1 is 0.377 bits per heavy atom. The van der Waals surface area contributed by atoms with Crippen LogP contribution in [0.1, 0.15) is 210 Å². The first-order chi connectivity index (χ1) is 67.6. The fraction of sp³-hybridized carbons (Fsp3) is 0.821. The number of aliphatic hydroxyl groups is 17. The van der Waals surface area contributed by atoms with Crippen molar-refractivity contribution in [2.75, 3.05) is 217 Å². The predicted octanol–water partition coefficient (Wildman–Crippen LogP) is 8.23. The Bertz CT molecular complexity index is 4100. The average Bonchev–Trinajstić information content (AvgIpc) is 0.844. The van der Waals surface area contributed by atoms with Gasteiger partial charge in [0.05, 0.1) is 162 Å². The van der Waals surface area contributed by atoms with Crippen molar-refractivity contribution in [1.29, 1.82) is 0 Å². The standard InChI is InChI=1S/C16H24O4S.C15H24O5S2.C14H29NO6S2.C12H24O5S.C11H22O4S.C9H21O5PS.C9H20O5S2.C9H18O4S/c1-3-16(9-17,10-18)11-21-8-12(2)13-4-6-14(7-5-13)15(19)20;1-3-15(9-16,10-17)11-21-8-12(2)13-4-6-14(7-5-13)22(18,19)20;1-5-14(7-16,8-17)9-22-6-11(2)12(18)15-13(3,4)10-23(19,20)21;1-3-12(7-14,8-15)9-18-6-10(2)11(16)17-5-4-13;1-4-11(5-12,6-13)8-16-7-10(2,3)9(14)15;1-3-9(5-10,6-11)7-16-4-8(2)15(12,13)14;1-3-9(5-10,6-11)7-15-4-8(2)16(12,13)14;1-7(8(12)13)3-14-6-9(2,4-10)5-11/h4-7,12,17-18H,3,8-11H2,1-2H3,(H,19,20);4-7,12,16-17H,3,8-11H2,1-2H3,(H,18,19,20);11,16-17H,5-10H2,1-4H3,(H,15,18)(H,19,20,21);10,13-15H,3-9H2,1-2H3;12-13H,4-8H2,1-3H3,(H,14,15);8,10-11H,3-7H2,1-2H3,(H2,12,13,14);8,10-11H,3-7H2,1-2H3,(H,12,13,14);7,10-11H,3-6H2,1-2H3,(H,12,13). The van der Waals surface area contributed by atoms with Crippen LogP contribution in [-0.2, 0) is 58.8 Å². The van der Waals surface area contributed by atoms with Gasteiger partial charge in [0.25, 0.3) is 30.4 Å². The minimum atomic E-state index is -4.18. The number of amides is 1. The molecule has 0 radical (unpaired) electrons. The highest BCUT2D eigenvalue weighted by molar-refractivity contribution is 8.01. The molecule has 0 saturated carbocycles. The van der Waals surface area contributed by atoms with Gasteiger partial charge in [0.1, 0.15) is 6.61 Å². The Labute approximate surface area is 902 Å². The Balaban J connectivity index is -0.000000386. The average molecular weight is 2330 g/mol. The third kappa shape index (κ3) is 65.7. The number of carbonyl (C=O) groups is 5. The number of aromatic carboxylic acids is 1. The molecule has 26 N–H and O–H groups in total. The molecular weight excluding hydrogens is 2150 g/mol. The Hall–Kier alpha value is -2.21. The first kappa shape index (κ1) is 154. The Morgan fingerprint density at radius 3 is 0.932 bits per heavy atom. The zero-order chi connectivity index (χ0) is 115. The second-order valence-corrected chi connectivity index (χ2v) is 54.1. The summed E-state index contributed by atoms with van der Waals surface area (Å²) >= 11 is 11.9. The van der Waals surface area contributed by atoms with E-state index in [4.69, 9.17) is 69.0 Å². The molecule has 0 saturated heterocycles. The number of benzene rings is 2. The van der Waals surface area contributed by atoms with Gasteiger partial charge in [0, 0.05) is 130 Å². The van der Waals surface area contributed by atoms with Crippen LogP contribution >= 0.6 is 102 Å². The van der Waals surface area contributed by atoms with E-state index >= 15 is 0 Å². The van der Waals surface area contributed by atoms with Crippen molar-refractivity contribution >= 4 is 162 Å². The van der Waals surface area contributed by atoms with E-state index in [0.717, 1.165) is 29.1 Å². The maximum absolute atomic E-state index is 12.1. The molecule has 2 aromatic carbocycles. The molecule has 0 heterocycles. The number of hydrogen-bond acceptors (Lipinski definition) is 38. The van der Waals surface area contributed by atoms with Gasteiger partial charge in [0.15, 0.2) is 0 Å². The summed E-state index contributed by atoms with van der Waals surface area (Å²) in [5.41, 5.74) is -4.12. The summed E-state index contributed by atoms with van der Waals surface area (Å²) in [4.78, 5) is 73.4. The van der Waals surface area contributed by atoms with Gasteiger partial charge in [-0.15, -0.1) is 0 Å². The van der Waals surface area contributed by atoms with Crippen molar-refractivity contribution in [1.82, 2.24) is 5.32 Å². The van der Waals surface area contributed by atoms with E-state index in [-0.39, 0.29) is 165 Å². The molecule has 1 amide bonds. The summed E-state index contributed by atoms with van der Waals surface area (Å²) in [7, 11) is -16.3. The van der Waals surface area contributed by atoms with Crippen LogP contribution in [0.4, 0.5) is 0 Å². The van der Waals surface area contributed by atoms with Crippen LogP contribution in [0.25, 0.3) is 0 Å². The van der Waals surface area contributed by atoms with Gasteiger partial charge in [-0.3, -0.25) is 37.4 Å². The summed E-state index contributed by atoms with van der Waals surface area (Å²) in [5, 5.41) is 185. The molecule has 7 unspecified atom stereocenters. The van der Waals surface area contributed by atoms with Crippen LogP contribution < -0.4 is 5.32 Å². The van der Waals surface area contributed by atoms with Gasteiger partial charge < -0.3 is 122 Å². The first-order valence-corrected chi connectivity index (χ1v) is 63.4. The van der Waals surface area contributed by atoms with Gasteiger partial charge in [-0.1, -0.05) is 121 Å². The van der Waals surface area contributed by atoms with E-state index in [0.29, 0.717) is 125 Å². The molecular formula is C95H182NO38PS11. The molecule has 0 spiro atoms. The maximum Gasteiger partial charge on any atom is 0.335 e. The van der Waals surface area contributed by atoms with E-state index in [2.05, 4.69) is 12.2 Å². The number of hydrogen-bond donors (Lipinski definition) is 26. The third-order valence-electron chi connectivity index (χ3n) is 24.8. The minimum absolute atomic E-state index is 0.00527. The zero-order valence-electron chi connectivity index (χ0n) is 88.8. The van der Waals surface area contributed by atoms with Crippen molar-refractivity contribution < 1.29 is 184 Å². The van der Waals surface area contributed by atoms with Crippen molar-refractivity contribution in [2.45, 2.75) is 210 Å². The van der Waals surface area contributed by atoms with Gasteiger partial charge >= 0.3 is 31.5 Å².